The zero-order chi connectivity index (χ0) is 15.3. The molecule has 110 valence electrons. The Morgan fingerprint density at radius 2 is 1.75 bits per heavy atom. The van der Waals surface area contributed by atoms with E-state index >= 15 is 0 Å². The summed E-state index contributed by atoms with van der Waals surface area (Å²) in [6.07, 6.45) is 0.365. The van der Waals surface area contributed by atoms with Gasteiger partial charge in [0.15, 0.2) is 5.78 Å². The van der Waals surface area contributed by atoms with Crippen molar-refractivity contribution in [2.24, 2.45) is 0 Å². The third-order valence-electron chi connectivity index (χ3n) is 2.97. The molecular formula is C16H22O4. The molecule has 0 bridgehead atoms. The van der Waals surface area contributed by atoms with Crippen LogP contribution in [-0.2, 0) is 9.53 Å². The molecule has 0 N–H and O–H groups in total. The molecule has 0 unspecified atom stereocenters. The Hall–Kier alpha value is -1.84. The first-order valence-corrected chi connectivity index (χ1v) is 6.73. The molecule has 0 saturated heterocycles. The molecule has 20 heavy (non-hydrogen) atoms. The molecule has 0 fully saturated rings. The van der Waals surface area contributed by atoms with Gasteiger partial charge in [0.25, 0.3) is 0 Å². The van der Waals surface area contributed by atoms with Crippen molar-refractivity contribution in [2.75, 3.05) is 7.11 Å². The highest BCUT2D eigenvalue weighted by Gasteiger charge is 2.14. The third kappa shape index (κ3) is 4.37. The maximum Gasteiger partial charge on any atom is 0.305 e. The van der Waals surface area contributed by atoms with E-state index in [1.807, 2.05) is 39.8 Å². The molecule has 4 heteroatoms. The summed E-state index contributed by atoms with van der Waals surface area (Å²) in [6.45, 7) is 7.71. The van der Waals surface area contributed by atoms with E-state index in [0.29, 0.717) is 5.56 Å². The van der Waals surface area contributed by atoms with Gasteiger partial charge in [-0.25, -0.2) is 0 Å². The minimum atomic E-state index is -0.368. The lowest BCUT2D eigenvalue weighted by atomic mass is 9.98. The number of Topliss-reactive ketones (excluding diaryl/α,β-unsaturated/α-hetero) is 1. The molecule has 4 nitrogen and oxygen atoms in total. The average Bonchev–Trinajstić information content (AvgIpc) is 2.38. The van der Waals surface area contributed by atoms with E-state index < -0.39 is 0 Å². The van der Waals surface area contributed by atoms with Crippen molar-refractivity contribution >= 4 is 11.8 Å². The molecule has 0 aliphatic rings. The zero-order valence-electron chi connectivity index (χ0n) is 12.8. The highest BCUT2D eigenvalue weighted by Crippen LogP contribution is 2.25. The van der Waals surface area contributed by atoms with E-state index in [0.717, 1.165) is 16.9 Å². The lowest BCUT2D eigenvalue weighted by molar-refractivity contribution is -0.140. The Labute approximate surface area is 120 Å². The highest BCUT2D eigenvalue weighted by atomic mass is 16.5. The number of aryl methyl sites for hydroxylation is 2. The van der Waals surface area contributed by atoms with Crippen molar-refractivity contribution in [3.63, 3.8) is 0 Å². The van der Waals surface area contributed by atoms with Crippen LogP contribution in [0.25, 0.3) is 0 Å². The number of ketones is 1. The molecule has 0 aliphatic carbocycles. The fourth-order valence-electron chi connectivity index (χ4n) is 1.92. The maximum absolute atomic E-state index is 12.1. The predicted octanol–water partition coefficient (Wildman–Crippen LogP) is 3.23. The number of carbonyl (C=O) groups is 2. The lowest BCUT2D eigenvalue weighted by Crippen LogP contribution is -2.10. The van der Waals surface area contributed by atoms with Gasteiger partial charge in [-0.15, -0.1) is 0 Å². The van der Waals surface area contributed by atoms with Crippen LogP contribution >= 0.6 is 0 Å². The Kier molecular flexibility index (Phi) is 5.74. The summed E-state index contributed by atoms with van der Waals surface area (Å²) >= 11 is 0. The second-order valence-corrected chi connectivity index (χ2v) is 5.10. The van der Waals surface area contributed by atoms with Gasteiger partial charge in [-0.05, 0) is 51.0 Å². The fourth-order valence-corrected chi connectivity index (χ4v) is 1.92. The maximum atomic E-state index is 12.1. The average molecular weight is 278 g/mol. The van der Waals surface area contributed by atoms with E-state index in [-0.39, 0.29) is 30.7 Å². The Balaban J connectivity index is 2.88. The molecule has 1 rings (SSSR count). The zero-order valence-corrected chi connectivity index (χ0v) is 12.8. The number of hydrogen-bond donors (Lipinski definition) is 0. The van der Waals surface area contributed by atoms with Crippen LogP contribution in [0.4, 0.5) is 0 Å². The second kappa shape index (κ2) is 7.08. The van der Waals surface area contributed by atoms with E-state index in [1.54, 1.807) is 0 Å². The van der Waals surface area contributed by atoms with Gasteiger partial charge >= 0.3 is 5.97 Å². The third-order valence-corrected chi connectivity index (χ3v) is 2.97. The Bertz CT molecular complexity index is 503. The molecule has 0 aliphatic heterocycles. The molecule has 0 heterocycles. The van der Waals surface area contributed by atoms with Gasteiger partial charge in [0.05, 0.1) is 19.6 Å². The number of rotatable bonds is 6. The first kappa shape index (κ1) is 16.2. The Morgan fingerprint density at radius 1 is 1.10 bits per heavy atom. The number of benzene rings is 1. The molecule has 0 saturated carbocycles. The molecule has 0 spiro atoms. The topological polar surface area (TPSA) is 52.6 Å². The van der Waals surface area contributed by atoms with Crippen LogP contribution in [0.3, 0.4) is 0 Å². The predicted molar refractivity (Wildman–Crippen MR) is 77.3 cm³/mol. The summed E-state index contributed by atoms with van der Waals surface area (Å²) in [5.74, 6) is 0.376. The monoisotopic (exact) mass is 278 g/mol. The summed E-state index contributed by atoms with van der Waals surface area (Å²) < 4.78 is 10.2. The van der Waals surface area contributed by atoms with Crippen molar-refractivity contribution in [3.8, 4) is 5.75 Å². The van der Waals surface area contributed by atoms with Gasteiger partial charge in [-0.3, -0.25) is 9.59 Å². The van der Waals surface area contributed by atoms with Gasteiger partial charge in [-0.2, -0.15) is 0 Å². The summed E-state index contributed by atoms with van der Waals surface area (Å²) in [5, 5.41) is 0. The van der Waals surface area contributed by atoms with E-state index in [9.17, 15) is 9.59 Å². The van der Waals surface area contributed by atoms with Crippen LogP contribution in [0.15, 0.2) is 12.1 Å². The van der Waals surface area contributed by atoms with Crippen LogP contribution in [0, 0.1) is 13.8 Å². The first-order chi connectivity index (χ1) is 9.35. The largest absolute Gasteiger partial charge is 0.491 e. The summed E-state index contributed by atoms with van der Waals surface area (Å²) in [4.78, 5) is 23.2. The van der Waals surface area contributed by atoms with Gasteiger partial charge in [0, 0.05) is 12.0 Å². The Morgan fingerprint density at radius 3 is 2.30 bits per heavy atom. The number of carbonyl (C=O) groups excluding carboxylic acids is 2. The molecule has 1 aromatic carbocycles. The number of esters is 1. The SMILES string of the molecule is COC(=O)CCC(=O)c1cc(C)c(OC(C)C)cc1C. The van der Waals surface area contributed by atoms with Crippen molar-refractivity contribution in [2.45, 2.75) is 46.6 Å². The highest BCUT2D eigenvalue weighted by molar-refractivity contribution is 5.99. The quantitative estimate of drug-likeness (QED) is 0.592. The number of ether oxygens (including phenoxy) is 2. The molecule has 1 aromatic rings. The van der Waals surface area contributed by atoms with Crippen LogP contribution < -0.4 is 4.74 Å². The summed E-state index contributed by atoms with van der Waals surface area (Å²) in [7, 11) is 1.32. The number of methoxy groups -OCH3 is 1. The number of hydrogen-bond acceptors (Lipinski definition) is 4. The fraction of sp³-hybridized carbons (Fsp3) is 0.500. The van der Waals surface area contributed by atoms with Crippen molar-refractivity contribution in [3.05, 3.63) is 28.8 Å². The van der Waals surface area contributed by atoms with Crippen LogP contribution in [0.2, 0.25) is 0 Å². The van der Waals surface area contributed by atoms with Gasteiger partial charge in [-0.1, -0.05) is 0 Å². The summed E-state index contributed by atoms with van der Waals surface area (Å²) in [6, 6.07) is 3.70. The lowest BCUT2D eigenvalue weighted by Gasteiger charge is -2.15. The normalized spacial score (nSPS) is 10.5. The van der Waals surface area contributed by atoms with E-state index in [4.69, 9.17) is 4.74 Å². The van der Waals surface area contributed by atoms with Crippen molar-refractivity contribution in [1.82, 2.24) is 0 Å². The summed E-state index contributed by atoms with van der Waals surface area (Å²) in [5.41, 5.74) is 2.43. The van der Waals surface area contributed by atoms with Gasteiger partial charge < -0.3 is 9.47 Å². The molecule has 0 atom stereocenters. The minimum Gasteiger partial charge on any atom is -0.491 e. The van der Waals surface area contributed by atoms with Gasteiger partial charge in [0.2, 0.25) is 0 Å². The van der Waals surface area contributed by atoms with Crippen molar-refractivity contribution < 1.29 is 19.1 Å². The smallest absolute Gasteiger partial charge is 0.305 e. The first-order valence-electron chi connectivity index (χ1n) is 6.73. The van der Waals surface area contributed by atoms with E-state index in [1.165, 1.54) is 7.11 Å². The van der Waals surface area contributed by atoms with Crippen LogP contribution in [0.1, 0.15) is 48.2 Å². The van der Waals surface area contributed by atoms with Gasteiger partial charge in [0.1, 0.15) is 5.75 Å². The van der Waals surface area contributed by atoms with Crippen molar-refractivity contribution in [1.29, 1.82) is 0 Å². The molecule has 0 aromatic heterocycles. The minimum absolute atomic E-state index is 0.0490. The van der Waals surface area contributed by atoms with E-state index in [2.05, 4.69) is 4.74 Å². The standard InChI is InChI=1S/C16H22O4/c1-10(2)20-15-9-11(3)13(8-12(15)4)14(17)6-7-16(18)19-5/h8-10H,6-7H2,1-5H3. The van der Waals surface area contributed by atoms with Crippen LogP contribution in [0.5, 0.6) is 5.75 Å². The molecule has 0 radical (unpaired) electrons. The molecular weight excluding hydrogens is 256 g/mol. The molecule has 0 amide bonds. The van der Waals surface area contributed by atoms with Crippen LogP contribution in [-0.4, -0.2) is 25.0 Å². The second-order valence-electron chi connectivity index (χ2n) is 5.10.